The molecule has 0 saturated carbocycles. The summed E-state index contributed by atoms with van der Waals surface area (Å²) >= 11 is 0. The number of aliphatic hydroxyl groups excluding tert-OH is 1. The maximum atomic E-state index is 12.4. The summed E-state index contributed by atoms with van der Waals surface area (Å²) in [6, 6.07) is 1.94. The van der Waals surface area contributed by atoms with Gasteiger partial charge in [0.15, 0.2) is 0 Å². The van der Waals surface area contributed by atoms with E-state index in [4.69, 9.17) is 4.98 Å². The van der Waals surface area contributed by atoms with Crippen LogP contribution < -0.4 is 9.80 Å². The number of aromatic nitrogens is 2. The van der Waals surface area contributed by atoms with Gasteiger partial charge in [-0.2, -0.15) is 4.98 Å². The second kappa shape index (κ2) is 7.85. The van der Waals surface area contributed by atoms with Crippen molar-refractivity contribution in [1.29, 1.82) is 0 Å². The van der Waals surface area contributed by atoms with Crippen molar-refractivity contribution in [3.8, 4) is 0 Å². The molecule has 1 N–H and O–H groups in total. The van der Waals surface area contributed by atoms with E-state index in [0.717, 1.165) is 70.2 Å². The lowest BCUT2D eigenvalue weighted by Gasteiger charge is -2.39. The number of piperidine rings is 2. The summed E-state index contributed by atoms with van der Waals surface area (Å²) in [4.78, 5) is 28.2. The molecular weight excluding hydrogens is 354 g/mol. The summed E-state index contributed by atoms with van der Waals surface area (Å²) in [6.07, 6.45) is 6.15. The molecule has 1 spiro atoms. The number of carbonyl (C=O) groups is 1. The molecule has 0 bridgehead atoms. The molecule has 7 heteroatoms. The monoisotopic (exact) mass is 387 g/mol. The van der Waals surface area contributed by atoms with Crippen LogP contribution in [0.2, 0.25) is 0 Å². The molecule has 3 saturated heterocycles. The number of aliphatic hydroxyl groups is 1. The number of hydrogen-bond acceptors (Lipinski definition) is 6. The van der Waals surface area contributed by atoms with Gasteiger partial charge in [-0.25, -0.2) is 4.98 Å². The van der Waals surface area contributed by atoms with Crippen LogP contribution >= 0.6 is 0 Å². The van der Waals surface area contributed by atoms with E-state index in [1.54, 1.807) is 0 Å². The van der Waals surface area contributed by atoms with Gasteiger partial charge in [0.05, 0.1) is 6.10 Å². The smallest absolute Gasteiger partial charge is 0.227 e. The number of hydrogen-bond donors (Lipinski definition) is 1. The molecule has 1 atom stereocenters. The lowest BCUT2D eigenvalue weighted by Crippen LogP contribution is -2.43. The Morgan fingerprint density at radius 1 is 1.25 bits per heavy atom. The predicted octanol–water partition coefficient (Wildman–Crippen LogP) is 1.91. The number of rotatable bonds is 4. The van der Waals surface area contributed by atoms with Crippen molar-refractivity contribution in [2.45, 2.75) is 52.1 Å². The second-order valence-corrected chi connectivity index (χ2v) is 9.29. The Morgan fingerprint density at radius 2 is 2.04 bits per heavy atom. The maximum absolute atomic E-state index is 12.4. The van der Waals surface area contributed by atoms with Gasteiger partial charge >= 0.3 is 0 Å². The highest BCUT2D eigenvalue weighted by Gasteiger charge is 2.45. The van der Waals surface area contributed by atoms with Gasteiger partial charge in [-0.1, -0.05) is 13.8 Å². The summed E-state index contributed by atoms with van der Waals surface area (Å²) in [5.41, 5.74) is 0.136. The molecule has 4 rings (SSSR count). The van der Waals surface area contributed by atoms with Crippen LogP contribution in [0.4, 0.5) is 11.8 Å². The molecule has 7 nitrogen and oxygen atoms in total. The fraction of sp³-hybridized carbons (Fsp3) is 0.762. The van der Waals surface area contributed by atoms with E-state index in [1.807, 2.05) is 12.3 Å². The maximum Gasteiger partial charge on any atom is 0.227 e. The first-order valence-electron chi connectivity index (χ1n) is 10.7. The third-order valence-corrected chi connectivity index (χ3v) is 6.45. The average Bonchev–Trinajstić information content (AvgIpc) is 2.96. The number of β-amino-alcohol motifs (C(OH)–C–C–N with tert-alkyl or cyclic N) is 1. The molecule has 28 heavy (non-hydrogen) atoms. The van der Waals surface area contributed by atoms with Gasteiger partial charge in [0, 0.05) is 57.3 Å². The fourth-order valence-electron chi connectivity index (χ4n) is 4.94. The molecule has 1 amide bonds. The highest BCUT2D eigenvalue weighted by molar-refractivity contribution is 5.79. The van der Waals surface area contributed by atoms with E-state index in [9.17, 15) is 9.90 Å². The van der Waals surface area contributed by atoms with Crippen LogP contribution in [0.25, 0.3) is 0 Å². The number of anilines is 2. The number of likely N-dealkylation sites (tertiary alicyclic amines) is 1. The summed E-state index contributed by atoms with van der Waals surface area (Å²) in [5.74, 6) is 2.52. The number of amides is 1. The molecule has 3 aliphatic heterocycles. The zero-order chi connectivity index (χ0) is 19.7. The van der Waals surface area contributed by atoms with E-state index < -0.39 is 0 Å². The minimum atomic E-state index is -0.268. The fourth-order valence-corrected chi connectivity index (χ4v) is 4.94. The summed E-state index contributed by atoms with van der Waals surface area (Å²) in [6.45, 7) is 9.50. The molecule has 154 valence electrons. The Balaban J connectivity index is 1.39. The quantitative estimate of drug-likeness (QED) is 0.851. The van der Waals surface area contributed by atoms with Gasteiger partial charge in [0.2, 0.25) is 11.9 Å². The first-order valence-corrected chi connectivity index (χ1v) is 10.7. The molecule has 3 fully saturated rings. The lowest BCUT2D eigenvalue weighted by atomic mass is 9.77. The van der Waals surface area contributed by atoms with Gasteiger partial charge in [-0.05, 0) is 37.7 Å². The lowest BCUT2D eigenvalue weighted by molar-refractivity contribution is -0.128. The van der Waals surface area contributed by atoms with E-state index in [0.29, 0.717) is 24.8 Å². The zero-order valence-electron chi connectivity index (χ0n) is 17.2. The van der Waals surface area contributed by atoms with E-state index >= 15 is 0 Å². The van der Waals surface area contributed by atoms with Gasteiger partial charge in [0.1, 0.15) is 5.82 Å². The van der Waals surface area contributed by atoms with Gasteiger partial charge in [0.25, 0.3) is 0 Å². The highest BCUT2D eigenvalue weighted by atomic mass is 16.3. The van der Waals surface area contributed by atoms with Gasteiger partial charge in [-0.15, -0.1) is 0 Å². The Morgan fingerprint density at radius 3 is 2.75 bits per heavy atom. The second-order valence-electron chi connectivity index (χ2n) is 9.29. The predicted molar refractivity (Wildman–Crippen MR) is 109 cm³/mol. The van der Waals surface area contributed by atoms with Crippen LogP contribution in [0.3, 0.4) is 0 Å². The van der Waals surface area contributed by atoms with Crippen molar-refractivity contribution in [1.82, 2.24) is 14.9 Å². The van der Waals surface area contributed by atoms with E-state index in [2.05, 4.69) is 33.5 Å². The summed E-state index contributed by atoms with van der Waals surface area (Å²) < 4.78 is 0. The molecule has 1 aromatic rings. The van der Waals surface area contributed by atoms with Crippen molar-refractivity contribution in [2.24, 2.45) is 11.3 Å². The molecule has 0 aliphatic carbocycles. The van der Waals surface area contributed by atoms with Crippen molar-refractivity contribution in [3.63, 3.8) is 0 Å². The summed E-state index contributed by atoms with van der Waals surface area (Å²) in [7, 11) is 0. The van der Waals surface area contributed by atoms with Crippen LogP contribution in [0.5, 0.6) is 0 Å². The molecule has 1 aromatic heterocycles. The van der Waals surface area contributed by atoms with Crippen LogP contribution in [-0.4, -0.2) is 71.3 Å². The van der Waals surface area contributed by atoms with Gasteiger partial charge in [-0.3, -0.25) is 4.79 Å². The third-order valence-electron chi connectivity index (χ3n) is 6.45. The summed E-state index contributed by atoms with van der Waals surface area (Å²) in [5, 5.41) is 9.95. The Bertz CT molecular complexity index is 702. The Kier molecular flexibility index (Phi) is 5.45. The SMILES string of the molecule is CC(C)CN1CC2(CCN(c3nccc(N4CCC[C@@H](O)C4)n3)CC2)CC1=O. The Hall–Kier alpha value is -1.89. The van der Waals surface area contributed by atoms with Crippen LogP contribution in [-0.2, 0) is 4.79 Å². The minimum Gasteiger partial charge on any atom is -0.391 e. The zero-order valence-corrected chi connectivity index (χ0v) is 17.2. The molecule has 0 aromatic carbocycles. The van der Waals surface area contributed by atoms with Crippen molar-refractivity contribution >= 4 is 17.7 Å². The first-order chi connectivity index (χ1) is 13.4. The highest BCUT2D eigenvalue weighted by Crippen LogP contribution is 2.41. The molecule has 0 radical (unpaired) electrons. The molecule has 4 heterocycles. The average molecular weight is 388 g/mol. The standard InChI is InChI=1S/C21H33N5O2/c1-16(2)13-26-15-21(12-19(26)28)6-10-24(11-7-21)20-22-8-5-18(23-20)25-9-3-4-17(27)14-25/h5,8,16-17,27H,3-4,6-7,9-15H2,1-2H3/t17-/m1/s1. The first kappa shape index (κ1) is 19.4. The molecule has 0 unspecified atom stereocenters. The largest absolute Gasteiger partial charge is 0.391 e. The van der Waals surface area contributed by atoms with Crippen molar-refractivity contribution in [2.75, 3.05) is 49.1 Å². The normalized spacial score (nSPS) is 25.2. The van der Waals surface area contributed by atoms with Crippen molar-refractivity contribution in [3.05, 3.63) is 12.3 Å². The van der Waals surface area contributed by atoms with E-state index in [-0.39, 0.29) is 11.5 Å². The Labute approximate surface area is 167 Å². The molecular formula is C21H33N5O2. The van der Waals surface area contributed by atoms with Crippen LogP contribution in [0.1, 0.15) is 46.0 Å². The topological polar surface area (TPSA) is 72.8 Å². The minimum absolute atomic E-state index is 0.136. The molecule has 3 aliphatic rings. The number of nitrogens with zero attached hydrogens (tertiary/aromatic N) is 5. The third kappa shape index (κ3) is 4.09. The van der Waals surface area contributed by atoms with Gasteiger partial charge < -0.3 is 19.8 Å². The van der Waals surface area contributed by atoms with E-state index in [1.165, 1.54) is 0 Å². The van der Waals surface area contributed by atoms with Crippen LogP contribution in [0.15, 0.2) is 12.3 Å². The van der Waals surface area contributed by atoms with Crippen LogP contribution in [0, 0.1) is 11.3 Å². The van der Waals surface area contributed by atoms with Crippen molar-refractivity contribution < 1.29 is 9.90 Å². The number of carbonyl (C=O) groups excluding carboxylic acids is 1.